The monoisotopic (exact) mass is 518 g/mol. The maximum Gasteiger partial charge on any atom is 0.206 e. The molecule has 0 heterocycles. The van der Waals surface area contributed by atoms with Crippen LogP contribution in [0.4, 0.5) is 8.78 Å². The predicted octanol–water partition coefficient (Wildman–Crippen LogP) is 4.73. The van der Waals surface area contributed by atoms with E-state index in [0.29, 0.717) is 11.1 Å². The van der Waals surface area contributed by atoms with Crippen molar-refractivity contribution in [2.45, 2.75) is 0 Å². The summed E-state index contributed by atoms with van der Waals surface area (Å²) in [5, 5.41) is 60.0. The van der Waals surface area contributed by atoms with Crippen LogP contribution in [0.3, 0.4) is 0 Å². The minimum atomic E-state index is -0.555. The Kier molecular flexibility index (Phi) is 6.00. The van der Waals surface area contributed by atoms with Gasteiger partial charge in [-0.05, 0) is 35.4 Å². The van der Waals surface area contributed by atoms with Crippen LogP contribution in [-0.4, -0.2) is 0 Å². The summed E-state index contributed by atoms with van der Waals surface area (Å²) in [6.07, 6.45) is 3.31. The normalized spacial score (nSPS) is 11.4. The van der Waals surface area contributed by atoms with Gasteiger partial charge in [0, 0.05) is 32.7 Å². The summed E-state index contributed by atoms with van der Waals surface area (Å²) in [7, 11) is 0. The first-order valence-corrected chi connectivity index (χ1v) is 11.3. The quantitative estimate of drug-likeness (QED) is 0.306. The minimum Gasteiger partial charge on any atom is -0.207 e. The van der Waals surface area contributed by atoms with Crippen LogP contribution in [0.2, 0.25) is 0 Å². The molecule has 0 radical (unpaired) electrons. The van der Waals surface area contributed by atoms with Crippen LogP contribution in [0.25, 0.3) is 43.8 Å². The van der Waals surface area contributed by atoms with Crippen LogP contribution in [-0.2, 0) is 0 Å². The zero-order valence-corrected chi connectivity index (χ0v) is 20.0. The standard InChI is InChI=1S/C30H8F2N8/c31-17-5-1-15(2-6-17)23-19(9-33)25-21(11-35)26-20(10-34)24(16-3-7-18(32)8-4-16)30(40-14-38)28(26)22(12-36)27(25)29(23)39-13-37/h1-8H/b39-29-,40-30-. The first kappa shape index (κ1) is 25.0. The van der Waals surface area contributed by atoms with Gasteiger partial charge >= 0.3 is 0 Å². The van der Waals surface area contributed by atoms with Gasteiger partial charge in [-0.3, -0.25) is 0 Å². The topological polar surface area (TPSA) is 167 Å². The average molecular weight is 518 g/mol. The van der Waals surface area contributed by atoms with Gasteiger partial charge in [-0.1, -0.05) is 24.3 Å². The second-order valence-electron chi connectivity index (χ2n) is 8.33. The van der Waals surface area contributed by atoms with Crippen molar-refractivity contribution in [3.05, 3.63) is 93.1 Å². The molecule has 0 aromatic heterocycles. The number of hydrogen-bond donors (Lipinski definition) is 0. The fourth-order valence-corrected chi connectivity index (χ4v) is 5.03. The number of halogens is 2. The molecule has 0 spiro atoms. The minimum absolute atomic E-state index is 0.0292. The lowest BCUT2D eigenvalue weighted by atomic mass is 9.94. The largest absolute Gasteiger partial charge is 0.207 e. The van der Waals surface area contributed by atoms with Gasteiger partial charge in [0.1, 0.15) is 35.9 Å². The van der Waals surface area contributed by atoms with E-state index in [1.165, 1.54) is 24.3 Å². The lowest BCUT2D eigenvalue weighted by Crippen LogP contribution is -2.08. The molecule has 0 unspecified atom stereocenters. The molecule has 5 aromatic rings. The van der Waals surface area contributed by atoms with Crippen molar-refractivity contribution in [3.8, 4) is 58.9 Å². The fraction of sp³-hybridized carbons (Fsp3) is 0. The number of fused-ring (bicyclic) bond motifs is 2. The van der Waals surface area contributed by atoms with E-state index in [1.807, 2.05) is 24.3 Å². The summed E-state index contributed by atoms with van der Waals surface area (Å²) < 4.78 is 27.4. The fourth-order valence-electron chi connectivity index (χ4n) is 5.03. The smallest absolute Gasteiger partial charge is 0.206 e. The molecule has 0 amide bonds. The van der Waals surface area contributed by atoms with E-state index in [-0.39, 0.29) is 65.6 Å². The van der Waals surface area contributed by atoms with E-state index in [9.17, 15) is 40.4 Å². The Bertz CT molecular complexity index is 2130. The highest BCUT2D eigenvalue weighted by Gasteiger charge is 2.30. The van der Waals surface area contributed by atoms with Crippen LogP contribution >= 0.6 is 0 Å². The van der Waals surface area contributed by atoms with E-state index in [4.69, 9.17) is 0 Å². The van der Waals surface area contributed by atoms with Crippen LogP contribution < -0.4 is 10.7 Å². The maximum absolute atomic E-state index is 13.7. The Morgan fingerprint density at radius 1 is 0.450 bits per heavy atom. The number of nitrogens with zero attached hydrogens (tertiary/aromatic N) is 8. The molecule has 0 aliphatic heterocycles. The van der Waals surface area contributed by atoms with Crippen LogP contribution in [0.15, 0.2) is 58.5 Å². The molecule has 0 fully saturated rings. The molecule has 0 N–H and O–H groups in total. The van der Waals surface area contributed by atoms with Crippen LogP contribution in [0, 0.1) is 79.9 Å². The molecule has 8 nitrogen and oxygen atoms in total. The summed E-state index contributed by atoms with van der Waals surface area (Å²) in [5.74, 6) is -1.11. The van der Waals surface area contributed by atoms with Crippen molar-refractivity contribution in [1.82, 2.24) is 0 Å². The molecule has 5 aromatic carbocycles. The molecule has 10 heteroatoms. The van der Waals surface area contributed by atoms with Crippen LogP contribution in [0.5, 0.6) is 0 Å². The van der Waals surface area contributed by atoms with Gasteiger partial charge in [0.2, 0.25) is 12.4 Å². The highest BCUT2D eigenvalue weighted by molar-refractivity contribution is 6.18. The van der Waals surface area contributed by atoms with Gasteiger partial charge in [0.25, 0.3) is 0 Å². The molecule has 40 heavy (non-hydrogen) atoms. The second-order valence-corrected chi connectivity index (χ2v) is 8.33. The Balaban J connectivity index is 2.19. The molecule has 0 saturated carbocycles. The molecular weight excluding hydrogens is 510 g/mol. The molecule has 0 aliphatic rings. The zero-order valence-electron chi connectivity index (χ0n) is 20.0. The molecular formula is C30H8F2N8. The number of hydrogen-bond acceptors (Lipinski definition) is 8. The van der Waals surface area contributed by atoms with Crippen molar-refractivity contribution in [3.63, 3.8) is 0 Å². The van der Waals surface area contributed by atoms with Gasteiger partial charge in [-0.15, -0.1) is 0 Å². The molecule has 5 rings (SSSR count). The lowest BCUT2D eigenvalue weighted by molar-refractivity contribution is 0.627. The Morgan fingerprint density at radius 2 is 0.775 bits per heavy atom. The van der Waals surface area contributed by atoms with Crippen molar-refractivity contribution in [2.75, 3.05) is 0 Å². The highest BCUT2D eigenvalue weighted by atomic mass is 19.1. The lowest BCUT2D eigenvalue weighted by Gasteiger charge is -2.03. The highest BCUT2D eigenvalue weighted by Crippen LogP contribution is 2.41. The second kappa shape index (κ2) is 9.63. The Morgan fingerprint density at radius 3 is 1.07 bits per heavy atom. The first-order chi connectivity index (χ1) is 19.4. The summed E-state index contributed by atoms with van der Waals surface area (Å²) in [6, 6.07) is 18.1. The van der Waals surface area contributed by atoms with Gasteiger partial charge in [-0.2, -0.15) is 41.6 Å². The Hall–Kier alpha value is -6.72. The van der Waals surface area contributed by atoms with Gasteiger partial charge in [0.15, 0.2) is 0 Å². The molecule has 0 saturated heterocycles. The summed E-state index contributed by atoms with van der Waals surface area (Å²) in [5.41, 5.74) is 0.196. The number of benzene rings is 3. The molecule has 0 bridgehead atoms. The van der Waals surface area contributed by atoms with Crippen molar-refractivity contribution >= 4 is 21.5 Å². The van der Waals surface area contributed by atoms with Crippen LogP contribution in [0.1, 0.15) is 22.3 Å². The van der Waals surface area contributed by atoms with E-state index in [0.717, 1.165) is 24.3 Å². The first-order valence-electron chi connectivity index (χ1n) is 11.3. The van der Waals surface area contributed by atoms with Gasteiger partial charge in [0.05, 0.1) is 33.0 Å². The number of rotatable bonds is 2. The van der Waals surface area contributed by atoms with E-state index >= 15 is 0 Å². The van der Waals surface area contributed by atoms with E-state index in [2.05, 4.69) is 9.98 Å². The molecule has 182 valence electrons. The van der Waals surface area contributed by atoms with Gasteiger partial charge in [-0.25, -0.2) is 8.78 Å². The summed E-state index contributed by atoms with van der Waals surface area (Å²) in [6.45, 7) is 0. The third-order valence-corrected chi connectivity index (χ3v) is 6.48. The van der Waals surface area contributed by atoms with Gasteiger partial charge < -0.3 is 0 Å². The Labute approximate surface area is 224 Å². The van der Waals surface area contributed by atoms with Crippen molar-refractivity contribution in [2.24, 2.45) is 9.98 Å². The summed E-state index contributed by atoms with van der Waals surface area (Å²) in [4.78, 5) is 7.77. The zero-order chi connectivity index (χ0) is 28.6. The van der Waals surface area contributed by atoms with E-state index in [1.54, 1.807) is 12.4 Å². The van der Waals surface area contributed by atoms with Crippen molar-refractivity contribution in [1.29, 1.82) is 31.6 Å². The SMILES string of the molecule is N#C/N=c1/c(-c2ccc(F)cc2)c(C#N)c2c(C#N)c3c(C#N)c(-c4ccc(F)cc4)/c(=N/C#N)c3c(C#N)c12. The molecule has 0 atom stereocenters. The maximum atomic E-state index is 13.7. The number of nitriles is 6. The predicted molar refractivity (Wildman–Crippen MR) is 136 cm³/mol. The van der Waals surface area contributed by atoms with E-state index < -0.39 is 11.6 Å². The average Bonchev–Trinajstić information content (AvgIpc) is 3.46. The third-order valence-electron chi connectivity index (χ3n) is 6.48. The molecule has 0 aliphatic carbocycles. The third kappa shape index (κ3) is 3.44. The summed E-state index contributed by atoms with van der Waals surface area (Å²) >= 11 is 0. The van der Waals surface area contributed by atoms with Crippen molar-refractivity contribution < 1.29 is 8.78 Å².